The quantitative estimate of drug-likeness (QED) is 0.686. The molecule has 0 aliphatic carbocycles. The molecule has 6 heteroatoms. The first-order chi connectivity index (χ1) is 9.09. The number of carbonyl (C=O) groups is 2. The van der Waals surface area contributed by atoms with Crippen LogP contribution in [-0.4, -0.2) is 86.0 Å². The minimum absolute atomic E-state index is 0.104. The summed E-state index contributed by atoms with van der Waals surface area (Å²) in [5.74, 6) is 0.217. The third kappa shape index (κ3) is 3.45. The van der Waals surface area contributed by atoms with Gasteiger partial charge in [-0.15, -0.1) is 0 Å². The zero-order valence-corrected chi connectivity index (χ0v) is 11.8. The zero-order valence-electron chi connectivity index (χ0n) is 11.8. The largest absolute Gasteiger partial charge is 0.378 e. The SMILES string of the molecule is CN(C)C(=O)C1CCCN1CC(=O)N1CCOCC1. The van der Waals surface area contributed by atoms with Gasteiger partial charge in [0, 0.05) is 27.2 Å². The summed E-state index contributed by atoms with van der Waals surface area (Å²) in [6, 6.07) is -0.125. The number of hydrogen-bond donors (Lipinski definition) is 0. The number of amides is 2. The van der Waals surface area contributed by atoms with Crippen molar-refractivity contribution in [2.45, 2.75) is 18.9 Å². The van der Waals surface area contributed by atoms with Gasteiger partial charge in [-0.2, -0.15) is 0 Å². The summed E-state index contributed by atoms with van der Waals surface area (Å²) in [6.45, 7) is 3.75. The van der Waals surface area contributed by atoms with Gasteiger partial charge in [-0.05, 0) is 19.4 Å². The normalized spacial score (nSPS) is 24.5. The Labute approximate surface area is 114 Å². The van der Waals surface area contributed by atoms with E-state index in [1.54, 1.807) is 19.0 Å². The van der Waals surface area contributed by atoms with Crippen molar-refractivity contribution >= 4 is 11.8 Å². The smallest absolute Gasteiger partial charge is 0.239 e. The average molecular weight is 269 g/mol. The van der Waals surface area contributed by atoms with Gasteiger partial charge in [-0.3, -0.25) is 14.5 Å². The third-order valence-electron chi connectivity index (χ3n) is 3.79. The van der Waals surface area contributed by atoms with E-state index in [9.17, 15) is 9.59 Å². The van der Waals surface area contributed by atoms with Gasteiger partial charge in [-0.25, -0.2) is 0 Å². The lowest BCUT2D eigenvalue weighted by atomic mass is 10.2. The van der Waals surface area contributed by atoms with Crippen LogP contribution in [0.25, 0.3) is 0 Å². The van der Waals surface area contributed by atoms with E-state index in [0.29, 0.717) is 32.8 Å². The first kappa shape index (κ1) is 14.3. The van der Waals surface area contributed by atoms with E-state index in [-0.39, 0.29) is 17.9 Å². The molecule has 0 N–H and O–H groups in total. The van der Waals surface area contributed by atoms with Gasteiger partial charge in [-0.1, -0.05) is 0 Å². The monoisotopic (exact) mass is 269 g/mol. The standard InChI is InChI=1S/C13H23N3O3/c1-14(2)13(18)11-4-3-5-16(11)10-12(17)15-6-8-19-9-7-15/h11H,3-10H2,1-2H3. The summed E-state index contributed by atoms with van der Waals surface area (Å²) in [4.78, 5) is 29.7. The number of carbonyl (C=O) groups excluding carboxylic acids is 2. The molecule has 2 fully saturated rings. The second-order valence-corrected chi connectivity index (χ2v) is 5.35. The molecule has 2 amide bonds. The van der Waals surface area contributed by atoms with Crippen molar-refractivity contribution in [3.63, 3.8) is 0 Å². The molecule has 2 aliphatic heterocycles. The van der Waals surface area contributed by atoms with Gasteiger partial charge in [0.2, 0.25) is 11.8 Å². The van der Waals surface area contributed by atoms with Gasteiger partial charge in [0.1, 0.15) is 0 Å². The van der Waals surface area contributed by atoms with Crippen LogP contribution in [-0.2, 0) is 14.3 Å². The molecule has 0 spiro atoms. The van der Waals surface area contributed by atoms with Crippen molar-refractivity contribution in [2.75, 3.05) is 53.5 Å². The number of nitrogens with zero attached hydrogens (tertiary/aromatic N) is 3. The van der Waals surface area contributed by atoms with E-state index in [0.717, 1.165) is 19.4 Å². The fraction of sp³-hybridized carbons (Fsp3) is 0.846. The van der Waals surface area contributed by atoms with Crippen LogP contribution in [0.15, 0.2) is 0 Å². The molecule has 6 nitrogen and oxygen atoms in total. The molecular weight excluding hydrogens is 246 g/mol. The van der Waals surface area contributed by atoms with Gasteiger partial charge in [0.25, 0.3) is 0 Å². The fourth-order valence-corrected chi connectivity index (χ4v) is 2.68. The molecule has 1 unspecified atom stereocenters. The van der Waals surface area contributed by atoms with Crippen LogP contribution < -0.4 is 0 Å². The van der Waals surface area contributed by atoms with Crippen LogP contribution in [0.3, 0.4) is 0 Å². The Kier molecular flexibility index (Phi) is 4.76. The summed E-state index contributed by atoms with van der Waals surface area (Å²) in [6.07, 6.45) is 1.84. The maximum absolute atomic E-state index is 12.2. The number of likely N-dealkylation sites (tertiary alicyclic amines) is 1. The van der Waals surface area contributed by atoms with Crippen LogP contribution in [0.4, 0.5) is 0 Å². The molecule has 2 heterocycles. The second-order valence-electron chi connectivity index (χ2n) is 5.35. The minimum atomic E-state index is -0.125. The van der Waals surface area contributed by atoms with Crippen LogP contribution in [0.1, 0.15) is 12.8 Å². The Hall–Kier alpha value is -1.14. The van der Waals surface area contributed by atoms with Gasteiger partial charge < -0.3 is 14.5 Å². The van der Waals surface area contributed by atoms with Gasteiger partial charge in [0.15, 0.2) is 0 Å². The Morgan fingerprint density at radius 1 is 1.21 bits per heavy atom. The van der Waals surface area contributed by atoms with E-state index >= 15 is 0 Å². The molecule has 0 aromatic carbocycles. The van der Waals surface area contributed by atoms with Crippen molar-refractivity contribution in [3.8, 4) is 0 Å². The van der Waals surface area contributed by atoms with Crippen molar-refractivity contribution < 1.29 is 14.3 Å². The van der Waals surface area contributed by atoms with E-state index in [4.69, 9.17) is 4.74 Å². The summed E-state index contributed by atoms with van der Waals surface area (Å²) < 4.78 is 5.24. The van der Waals surface area contributed by atoms with E-state index < -0.39 is 0 Å². The van der Waals surface area contributed by atoms with Crippen molar-refractivity contribution in [2.24, 2.45) is 0 Å². The molecule has 0 aromatic rings. The Bertz CT molecular complexity index is 340. The van der Waals surface area contributed by atoms with Crippen LogP contribution in [0, 0.1) is 0 Å². The predicted molar refractivity (Wildman–Crippen MR) is 70.7 cm³/mol. The summed E-state index contributed by atoms with van der Waals surface area (Å²) in [5, 5.41) is 0. The highest BCUT2D eigenvalue weighted by molar-refractivity contribution is 5.83. The van der Waals surface area contributed by atoms with Crippen LogP contribution in [0.5, 0.6) is 0 Å². The molecule has 2 rings (SSSR count). The molecule has 2 saturated heterocycles. The highest BCUT2D eigenvalue weighted by Crippen LogP contribution is 2.18. The van der Waals surface area contributed by atoms with E-state index in [1.807, 2.05) is 9.80 Å². The molecule has 1 atom stereocenters. The minimum Gasteiger partial charge on any atom is -0.378 e. The number of ether oxygens (including phenoxy) is 1. The maximum Gasteiger partial charge on any atom is 0.239 e. The number of rotatable bonds is 3. The Balaban J connectivity index is 1.90. The first-order valence-electron chi connectivity index (χ1n) is 6.90. The molecular formula is C13H23N3O3. The second kappa shape index (κ2) is 6.34. The maximum atomic E-state index is 12.2. The summed E-state index contributed by atoms with van der Waals surface area (Å²) in [5.41, 5.74) is 0. The lowest BCUT2D eigenvalue weighted by Gasteiger charge is -2.31. The zero-order chi connectivity index (χ0) is 13.8. The Morgan fingerprint density at radius 2 is 1.89 bits per heavy atom. The first-order valence-corrected chi connectivity index (χ1v) is 6.90. The molecule has 0 bridgehead atoms. The molecule has 2 aliphatic rings. The molecule has 0 radical (unpaired) electrons. The highest BCUT2D eigenvalue weighted by atomic mass is 16.5. The van der Waals surface area contributed by atoms with Gasteiger partial charge in [0.05, 0.1) is 25.8 Å². The van der Waals surface area contributed by atoms with Crippen molar-refractivity contribution in [3.05, 3.63) is 0 Å². The molecule has 19 heavy (non-hydrogen) atoms. The third-order valence-corrected chi connectivity index (χ3v) is 3.79. The molecule has 0 aromatic heterocycles. The lowest BCUT2D eigenvalue weighted by Crippen LogP contribution is -2.49. The van der Waals surface area contributed by atoms with E-state index in [1.165, 1.54) is 0 Å². The number of likely N-dealkylation sites (N-methyl/N-ethyl adjacent to an activating group) is 1. The highest BCUT2D eigenvalue weighted by Gasteiger charge is 2.33. The molecule has 108 valence electrons. The lowest BCUT2D eigenvalue weighted by molar-refractivity contribution is -0.139. The fourth-order valence-electron chi connectivity index (χ4n) is 2.68. The van der Waals surface area contributed by atoms with Crippen molar-refractivity contribution in [1.82, 2.24) is 14.7 Å². The topological polar surface area (TPSA) is 53.1 Å². The average Bonchev–Trinajstić information content (AvgIpc) is 2.86. The summed E-state index contributed by atoms with van der Waals surface area (Å²) >= 11 is 0. The van der Waals surface area contributed by atoms with Crippen LogP contribution >= 0.6 is 0 Å². The Morgan fingerprint density at radius 3 is 2.53 bits per heavy atom. The molecule has 0 saturated carbocycles. The predicted octanol–water partition coefficient (Wildman–Crippen LogP) is -0.602. The number of hydrogen-bond acceptors (Lipinski definition) is 4. The van der Waals surface area contributed by atoms with E-state index in [2.05, 4.69) is 0 Å². The summed E-state index contributed by atoms with van der Waals surface area (Å²) in [7, 11) is 3.53. The van der Waals surface area contributed by atoms with Gasteiger partial charge >= 0.3 is 0 Å². The van der Waals surface area contributed by atoms with Crippen LogP contribution in [0.2, 0.25) is 0 Å². The van der Waals surface area contributed by atoms with Crippen molar-refractivity contribution in [1.29, 1.82) is 0 Å². The number of morpholine rings is 1.